The number of fused-ring (bicyclic) bond motifs is 15. The molecule has 18 heteroatoms. The Morgan fingerprint density at radius 2 is 0.723 bits per heavy atom. The first kappa shape index (κ1) is 86.9. The van der Waals surface area contributed by atoms with E-state index < -0.39 is 5.82 Å². The van der Waals surface area contributed by atoms with Crippen molar-refractivity contribution >= 4 is 192 Å². The van der Waals surface area contributed by atoms with Gasteiger partial charge in [0, 0.05) is 0 Å². The van der Waals surface area contributed by atoms with Crippen LogP contribution in [0, 0.1) is 89.7 Å². The van der Waals surface area contributed by atoms with Gasteiger partial charge in [-0.15, -0.1) is 0 Å². The summed E-state index contributed by atoms with van der Waals surface area (Å²) in [4.78, 5) is 14.0. The second-order valence-corrected chi connectivity index (χ2v) is 42.9. The van der Waals surface area contributed by atoms with Crippen molar-refractivity contribution in [2.75, 3.05) is 0 Å². The molecule has 0 saturated carbocycles. The maximum atomic E-state index is 14.6. The van der Waals surface area contributed by atoms with Crippen LogP contribution in [-0.4, -0.2) is 72.5 Å². The normalized spacial score (nSPS) is 11.1. The summed E-state index contributed by atoms with van der Waals surface area (Å²) in [5, 5.41) is 20.6. The molecule has 0 atom stereocenters. The minimum atomic E-state index is -0.431. The molecule has 12 aromatic carbocycles. The third-order valence-corrected chi connectivity index (χ3v) is 36.8. The van der Waals surface area contributed by atoms with Crippen LogP contribution in [0.5, 0.6) is 0 Å². The third-order valence-electron chi connectivity index (χ3n) is 24.0. The predicted molar refractivity (Wildman–Crippen MR) is 529 cm³/mol. The molecule has 10 aromatic heterocycles. The summed E-state index contributed by atoms with van der Waals surface area (Å²) in [6, 6.07) is 94.0. The summed E-state index contributed by atoms with van der Waals surface area (Å²) in [6.45, 7) is 39.9. The molecule has 0 aliphatic carbocycles. The number of aryl methyl sites for hydroxylation is 10. The molecule has 10 nitrogen and oxygen atoms in total. The SMILES string of the molecule is Cc1cc(C#N)c2c([se]c3c(F)cccc32)c1-c1cccc[n+]1C.[C-]#[N+]c1cc2[se]c3c(-c4cccc[n+]4C)c(C)ccc3c2cc1F.[C-]#[N+]c1ccc2c([se]c3c(-c4cccc[n+]4C)c(C)ccc32)c1F.[C-]#[N+]c1ccc2c(c1)[se]c1c(-c3cccc[n+]3C)c(C)cc(-c3ccccc3)c12.[C-]#[N+]c1cccc2c1[se]c1c(-c3cc(-c4ccccc4)cc[n+]3C)c(C)ccc12. The molecular formula is C112H80F3N10Se5+5. The zero-order valence-corrected chi connectivity index (χ0v) is 81.1. The minimum absolute atomic E-state index is 0.0714. The Hall–Kier alpha value is -13.8. The van der Waals surface area contributed by atoms with Crippen LogP contribution in [0.3, 0.4) is 0 Å². The Bertz CT molecular complexity index is 8600. The Balaban J connectivity index is 0.000000110. The zero-order valence-electron chi connectivity index (χ0n) is 72.5. The van der Waals surface area contributed by atoms with Crippen molar-refractivity contribution < 1.29 is 36.0 Å². The van der Waals surface area contributed by atoms with Gasteiger partial charge < -0.3 is 0 Å². The van der Waals surface area contributed by atoms with E-state index in [9.17, 15) is 18.4 Å². The number of nitrogens with zero attached hydrogens (tertiary/aromatic N) is 10. The van der Waals surface area contributed by atoms with Crippen molar-refractivity contribution in [3.05, 3.63) is 400 Å². The van der Waals surface area contributed by atoms with Gasteiger partial charge in [-0.3, -0.25) is 0 Å². The van der Waals surface area contributed by atoms with Gasteiger partial charge in [0.05, 0.1) is 0 Å². The molecule has 0 unspecified atom stereocenters. The number of rotatable bonds is 7. The fourth-order valence-electron chi connectivity index (χ4n) is 17.6. The molecule has 0 aliphatic heterocycles. The average Bonchev–Trinajstić information content (AvgIpc) is 1.59. The molecule has 22 aromatic rings. The number of pyridine rings is 5. The first-order valence-corrected chi connectivity index (χ1v) is 50.4. The van der Waals surface area contributed by atoms with Gasteiger partial charge in [-0.1, -0.05) is 0 Å². The second kappa shape index (κ2) is 36.8. The predicted octanol–water partition coefficient (Wildman–Crippen LogP) is 25.1. The summed E-state index contributed by atoms with van der Waals surface area (Å²) in [6.07, 6.45) is 10.3. The van der Waals surface area contributed by atoms with Crippen LogP contribution in [0.1, 0.15) is 33.4 Å². The van der Waals surface area contributed by atoms with Gasteiger partial charge >= 0.3 is 788 Å². The molecule has 10 heterocycles. The number of benzene rings is 12. The summed E-state index contributed by atoms with van der Waals surface area (Å²) in [7, 11) is 10.3. The first-order valence-electron chi connectivity index (χ1n) is 41.9. The van der Waals surface area contributed by atoms with E-state index in [1.54, 1.807) is 18.2 Å². The van der Waals surface area contributed by atoms with Crippen molar-refractivity contribution in [3.8, 4) is 84.6 Å². The Labute approximate surface area is 781 Å². The van der Waals surface area contributed by atoms with E-state index in [-0.39, 0.29) is 95.5 Å². The van der Waals surface area contributed by atoms with Crippen LogP contribution in [0.15, 0.2) is 304 Å². The van der Waals surface area contributed by atoms with Gasteiger partial charge in [0.15, 0.2) is 0 Å². The van der Waals surface area contributed by atoms with E-state index in [2.05, 4.69) is 272 Å². The van der Waals surface area contributed by atoms with Gasteiger partial charge in [0.2, 0.25) is 0 Å². The van der Waals surface area contributed by atoms with Gasteiger partial charge in [0.1, 0.15) is 0 Å². The Morgan fingerprint density at radius 3 is 1.28 bits per heavy atom. The monoisotopic (exact) mass is 2020 g/mol. The number of hydrogen-bond acceptors (Lipinski definition) is 1. The Morgan fingerprint density at radius 1 is 0.285 bits per heavy atom. The summed E-state index contributed by atoms with van der Waals surface area (Å²) >= 11 is 0.0788. The number of aromatic nitrogens is 5. The van der Waals surface area contributed by atoms with E-state index >= 15 is 0 Å². The average molecular weight is 2020 g/mol. The van der Waals surface area contributed by atoms with Crippen molar-refractivity contribution in [1.82, 2.24) is 0 Å². The molecule has 0 saturated heterocycles. The fourth-order valence-corrected chi connectivity index (χ4v) is 31.7. The molecule has 0 fully saturated rings. The summed E-state index contributed by atoms with van der Waals surface area (Å²) < 4.78 is 65.3. The van der Waals surface area contributed by atoms with Crippen molar-refractivity contribution in [2.24, 2.45) is 35.2 Å². The van der Waals surface area contributed by atoms with Crippen molar-refractivity contribution in [2.45, 2.75) is 34.6 Å². The van der Waals surface area contributed by atoms with E-state index in [1.165, 1.54) is 137 Å². The molecule has 22 rings (SSSR count). The third kappa shape index (κ3) is 16.0. The van der Waals surface area contributed by atoms with E-state index in [0.717, 1.165) is 84.7 Å². The number of hydrogen-bond donors (Lipinski definition) is 0. The molecule has 0 aliphatic rings. The van der Waals surface area contributed by atoms with E-state index in [4.69, 9.17) is 26.3 Å². The summed E-state index contributed by atoms with van der Waals surface area (Å²) in [5.41, 5.74) is 25.5. The molecule has 130 heavy (non-hydrogen) atoms. The van der Waals surface area contributed by atoms with Crippen LogP contribution in [-0.2, 0) is 35.2 Å². The van der Waals surface area contributed by atoms with Gasteiger partial charge in [-0.2, -0.15) is 0 Å². The zero-order chi connectivity index (χ0) is 90.4. The van der Waals surface area contributed by atoms with Crippen molar-refractivity contribution in [3.63, 3.8) is 0 Å². The molecule has 0 N–H and O–H groups in total. The molecule has 0 amide bonds. The quantitative estimate of drug-likeness (QED) is 0.0891. The molecular weight excluding hydrogens is 1940 g/mol. The van der Waals surface area contributed by atoms with Crippen molar-refractivity contribution in [1.29, 1.82) is 5.26 Å². The van der Waals surface area contributed by atoms with Gasteiger partial charge in [-0.05, 0) is 0 Å². The second-order valence-electron chi connectivity index (χ2n) is 32.1. The first-order chi connectivity index (χ1) is 63.2. The molecule has 624 valence electrons. The van der Waals surface area contributed by atoms with E-state index in [0.29, 0.717) is 9.82 Å². The van der Waals surface area contributed by atoms with Crippen LogP contribution >= 0.6 is 0 Å². The summed E-state index contributed by atoms with van der Waals surface area (Å²) in [5.74, 6) is -0.951. The number of nitriles is 1. The fraction of sp³-hybridized carbons (Fsp3) is 0.0893. The van der Waals surface area contributed by atoms with Crippen LogP contribution in [0.25, 0.3) is 194 Å². The van der Waals surface area contributed by atoms with E-state index in [1.807, 2.05) is 119 Å². The number of halogens is 3. The van der Waals surface area contributed by atoms with Crippen LogP contribution < -0.4 is 22.8 Å². The molecule has 0 radical (unpaired) electrons. The van der Waals surface area contributed by atoms with Gasteiger partial charge in [0.25, 0.3) is 0 Å². The molecule has 0 spiro atoms. The standard InChI is InChI=1S/2C26H19N2Se.3C20H14FN2Se/c1-17-15-21(18-9-5-4-6-10-18)25-20-13-12-19(27-2)16-23(20)29-26(25)24(17)22-11-7-8-14-28(22)3;1-17-12-13-21-20-10-7-11-22(27-2)25(20)29-26(21)24(17)23-16-19(14-15-28(23)3)18-8-5-4-6-9-18;1-12-7-8-13-14-9-10-15(22-2)18(21)20(14)24-19(13)17(12)16-6-4-5-11-23(16)3;1-12-7-8-13-14-10-15(21)16(22-2)11-18(14)24-20(13)19(12)17-6-4-5-9-23(17)3;1-12-10-13(11-22)18-14-6-5-7-15(21)19(14)24-20(18)17(12)16-8-3-4-9-23(16)2/h2*4-16H,1,3H3;2*4-11H,1,3H3;3-10H,1-2H3/q5*+1. The van der Waals surface area contributed by atoms with Gasteiger partial charge in [-0.25, -0.2) is 0 Å². The molecule has 0 bridgehead atoms. The Kier molecular flexibility index (Phi) is 24.6. The maximum absolute atomic E-state index is 14.6. The topological polar surface area (TPSA) is 60.6 Å². The van der Waals surface area contributed by atoms with Crippen LogP contribution in [0.2, 0.25) is 0 Å². The van der Waals surface area contributed by atoms with Crippen LogP contribution in [0.4, 0.5) is 35.9 Å².